The second-order valence-electron chi connectivity index (χ2n) is 5.53. The largest absolute Gasteiger partial charge is 0.490 e. The summed E-state index contributed by atoms with van der Waals surface area (Å²) in [5.74, 6) is 2.31. The summed E-state index contributed by atoms with van der Waals surface area (Å²) < 4.78 is 5.54. The van der Waals surface area contributed by atoms with Gasteiger partial charge in [0.05, 0.1) is 13.2 Å². The summed E-state index contributed by atoms with van der Waals surface area (Å²) in [7, 11) is 1.66. The SMILES string of the molecule is CCNc1ncnc(N2C3CCC2CC(O)C3)c1OC. The molecule has 1 aromatic heterocycles. The number of hydrogen-bond donors (Lipinski definition) is 2. The number of aromatic nitrogens is 2. The van der Waals surface area contributed by atoms with Gasteiger partial charge in [-0.2, -0.15) is 0 Å². The van der Waals surface area contributed by atoms with E-state index in [0.717, 1.165) is 43.9 Å². The lowest BCUT2D eigenvalue weighted by Crippen LogP contribution is -2.45. The standard InChI is InChI=1S/C14H22N4O2/c1-3-15-13-12(20-2)14(17-8-16-13)18-9-4-5-10(18)7-11(19)6-9/h8-11,19H,3-7H2,1-2H3,(H,15,16,17). The molecule has 0 aliphatic carbocycles. The van der Waals surface area contributed by atoms with Crippen LogP contribution in [0.5, 0.6) is 5.75 Å². The average molecular weight is 278 g/mol. The second kappa shape index (κ2) is 5.44. The van der Waals surface area contributed by atoms with Crippen LogP contribution in [0.15, 0.2) is 6.33 Å². The minimum absolute atomic E-state index is 0.176. The highest BCUT2D eigenvalue weighted by molar-refractivity contribution is 5.66. The summed E-state index contributed by atoms with van der Waals surface area (Å²) in [6, 6.07) is 0.726. The minimum atomic E-state index is -0.176. The number of aliphatic hydroxyl groups is 1. The Morgan fingerprint density at radius 2 is 2.05 bits per heavy atom. The molecule has 2 aliphatic rings. The smallest absolute Gasteiger partial charge is 0.204 e. The van der Waals surface area contributed by atoms with E-state index in [-0.39, 0.29) is 6.10 Å². The minimum Gasteiger partial charge on any atom is -0.490 e. The third kappa shape index (κ3) is 2.18. The monoisotopic (exact) mass is 278 g/mol. The fraction of sp³-hybridized carbons (Fsp3) is 0.714. The summed E-state index contributed by atoms with van der Waals surface area (Å²) >= 11 is 0. The van der Waals surface area contributed by atoms with Crippen molar-refractivity contribution in [1.29, 1.82) is 0 Å². The van der Waals surface area contributed by atoms with Gasteiger partial charge in [0.1, 0.15) is 6.33 Å². The van der Waals surface area contributed by atoms with Crippen molar-refractivity contribution in [2.24, 2.45) is 0 Å². The Morgan fingerprint density at radius 3 is 2.65 bits per heavy atom. The molecule has 2 aliphatic heterocycles. The highest BCUT2D eigenvalue weighted by Gasteiger charge is 2.42. The molecule has 2 atom stereocenters. The highest BCUT2D eigenvalue weighted by atomic mass is 16.5. The summed E-state index contributed by atoms with van der Waals surface area (Å²) in [6.45, 7) is 2.82. The number of hydrogen-bond acceptors (Lipinski definition) is 6. The molecule has 0 amide bonds. The van der Waals surface area contributed by atoms with Crippen LogP contribution in [0.4, 0.5) is 11.6 Å². The number of fused-ring (bicyclic) bond motifs is 2. The number of aliphatic hydroxyl groups excluding tert-OH is 1. The first kappa shape index (κ1) is 13.4. The van der Waals surface area contributed by atoms with Crippen LogP contribution in [-0.2, 0) is 0 Å². The fourth-order valence-electron chi connectivity index (χ4n) is 3.52. The fourth-order valence-corrected chi connectivity index (χ4v) is 3.52. The van der Waals surface area contributed by atoms with Crippen molar-refractivity contribution < 1.29 is 9.84 Å². The van der Waals surface area contributed by atoms with Gasteiger partial charge in [-0.3, -0.25) is 0 Å². The number of rotatable bonds is 4. The predicted octanol–water partition coefficient (Wildman–Crippen LogP) is 1.41. The normalized spacial score (nSPS) is 28.6. The molecule has 3 heterocycles. The van der Waals surface area contributed by atoms with Crippen LogP contribution in [0.1, 0.15) is 32.6 Å². The topological polar surface area (TPSA) is 70.5 Å². The third-order valence-electron chi connectivity index (χ3n) is 4.29. The molecule has 0 aromatic carbocycles. The van der Waals surface area contributed by atoms with Crippen LogP contribution in [0, 0.1) is 0 Å². The van der Waals surface area contributed by atoms with Gasteiger partial charge in [-0.1, -0.05) is 0 Å². The van der Waals surface area contributed by atoms with Gasteiger partial charge in [0.25, 0.3) is 0 Å². The number of methoxy groups -OCH3 is 1. The molecule has 2 N–H and O–H groups in total. The van der Waals surface area contributed by atoms with E-state index in [2.05, 4.69) is 20.2 Å². The van der Waals surface area contributed by atoms with E-state index in [9.17, 15) is 5.11 Å². The molecule has 110 valence electrons. The lowest BCUT2D eigenvalue weighted by Gasteiger charge is -2.38. The summed E-state index contributed by atoms with van der Waals surface area (Å²) in [5.41, 5.74) is 0. The van der Waals surface area contributed by atoms with Crippen LogP contribution in [0.3, 0.4) is 0 Å². The van der Waals surface area contributed by atoms with E-state index in [1.807, 2.05) is 6.92 Å². The Labute approximate surface area is 119 Å². The first-order valence-corrected chi connectivity index (χ1v) is 7.33. The van der Waals surface area contributed by atoms with Crippen molar-refractivity contribution in [3.05, 3.63) is 6.33 Å². The molecule has 2 saturated heterocycles. The number of anilines is 2. The van der Waals surface area contributed by atoms with Gasteiger partial charge in [0.15, 0.2) is 11.6 Å². The van der Waals surface area contributed by atoms with Gasteiger partial charge in [0, 0.05) is 18.6 Å². The number of ether oxygens (including phenoxy) is 1. The summed E-state index contributed by atoms with van der Waals surface area (Å²) in [6.07, 6.45) is 5.28. The molecule has 0 radical (unpaired) electrons. The van der Waals surface area contributed by atoms with Crippen LogP contribution in [0.2, 0.25) is 0 Å². The Hall–Kier alpha value is -1.56. The Kier molecular flexibility index (Phi) is 3.65. The van der Waals surface area contributed by atoms with Crippen molar-refractivity contribution in [3.63, 3.8) is 0 Å². The van der Waals surface area contributed by atoms with Crippen molar-refractivity contribution >= 4 is 11.6 Å². The maximum absolute atomic E-state index is 9.92. The van der Waals surface area contributed by atoms with Crippen molar-refractivity contribution in [3.8, 4) is 5.75 Å². The second-order valence-corrected chi connectivity index (χ2v) is 5.53. The summed E-state index contributed by atoms with van der Waals surface area (Å²) in [5, 5.41) is 13.1. The maximum Gasteiger partial charge on any atom is 0.204 e. The molecule has 1 aromatic rings. The van der Waals surface area contributed by atoms with Gasteiger partial charge >= 0.3 is 0 Å². The van der Waals surface area contributed by atoms with E-state index in [1.54, 1.807) is 13.4 Å². The highest BCUT2D eigenvalue weighted by Crippen LogP contribution is 2.43. The van der Waals surface area contributed by atoms with Crippen LogP contribution in [0.25, 0.3) is 0 Å². The van der Waals surface area contributed by atoms with E-state index in [0.29, 0.717) is 17.8 Å². The van der Waals surface area contributed by atoms with Crippen molar-refractivity contribution in [2.45, 2.75) is 50.8 Å². The Bertz CT molecular complexity index is 468. The van der Waals surface area contributed by atoms with Gasteiger partial charge in [-0.15, -0.1) is 0 Å². The van der Waals surface area contributed by atoms with Gasteiger partial charge in [-0.05, 0) is 32.6 Å². The van der Waals surface area contributed by atoms with E-state index >= 15 is 0 Å². The van der Waals surface area contributed by atoms with Crippen LogP contribution < -0.4 is 15.0 Å². The first-order valence-electron chi connectivity index (χ1n) is 7.33. The molecule has 2 bridgehead atoms. The van der Waals surface area contributed by atoms with Gasteiger partial charge in [0.2, 0.25) is 5.75 Å². The maximum atomic E-state index is 9.92. The molecule has 6 heteroatoms. The molecule has 0 saturated carbocycles. The molecule has 20 heavy (non-hydrogen) atoms. The van der Waals surface area contributed by atoms with E-state index in [4.69, 9.17) is 4.74 Å². The average Bonchev–Trinajstić information content (AvgIpc) is 2.71. The Morgan fingerprint density at radius 1 is 1.35 bits per heavy atom. The zero-order valence-corrected chi connectivity index (χ0v) is 12.0. The molecule has 6 nitrogen and oxygen atoms in total. The number of nitrogens with zero attached hydrogens (tertiary/aromatic N) is 3. The zero-order valence-electron chi connectivity index (χ0n) is 12.0. The van der Waals surface area contributed by atoms with E-state index < -0.39 is 0 Å². The molecule has 2 fully saturated rings. The quantitative estimate of drug-likeness (QED) is 0.868. The molecular weight excluding hydrogens is 256 g/mol. The molecule has 0 spiro atoms. The third-order valence-corrected chi connectivity index (χ3v) is 4.29. The Balaban J connectivity index is 1.96. The lowest BCUT2D eigenvalue weighted by atomic mass is 10.00. The number of piperidine rings is 1. The number of nitrogens with one attached hydrogen (secondary N) is 1. The zero-order chi connectivity index (χ0) is 14.1. The van der Waals surface area contributed by atoms with E-state index in [1.165, 1.54) is 0 Å². The van der Waals surface area contributed by atoms with Crippen LogP contribution >= 0.6 is 0 Å². The van der Waals surface area contributed by atoms with Crippen molar-refractivity contribution in [2.75, 3.05) is 23.9 Å². The molecule has 3 rings (SSSR count). The molecular formula is C14H22N4O2. The van der Waals surface area contributed by atoms with Gasteiger partial charge in [-0.25, -0.2) is 9.97 Å². The van der Waals surface area contributed by atoms with Gasteiger partial charge < -0.3 is 20.1 Å². The summed E-state index contributed by atoms with van der Waals surface area (Å²) in [4.78, 5) is 11.0. The lowest BCUT2D eigenvalue weighted by molar-refractivity contribution is 0.125. The first-order chi connectivity index (χ1) is 9.74. The predicted molar refractivity (Wildman–Crippen MR) is 77.3 cm³/mol. The van der Waals surface area contributed by atoms with Crippen molar-refractivity contribution in [1.82, 2.24) is 9.97 Å². The molecule has 2 unspecified atom stereocenters. The van der Waals surface area contributed by atoms with Crippen LogP contribution in [-0.4, -0.2) is 46.9 Å².